The van der Waals surface area contributed by atoms with Crippen molar-refractivity contribution in [1.82, 2.24) is 10.2 Å². The molecule has 5 nitrogen and oxygen atoms in total. The summed E-state index contributed by atoms with van der Waals surface area (Å²) in [6, 6.07) is 0. The Morgan fingerprint density at radius 3 is 2.94 bits per heavy atom. The average molecular weight is 244 g/mol. The van der Waals surface area contributed by atoms with Gasteiger partial charge in [-0.1, -0.05) is 6.92 Å². The molecule has 0 saturated carbocycles. The van der Waals surface area contributed by atoms with Gasteiger partial charge in [-0.3, -0.25) is 9.59 Å². The molecule has 1 aliphatic rings. The fraction of sp³-hybridized carbons (Fsp3) is 0.600. The molecule has 2 N–H and O–H groups in total. The lowest BCUT2D eigenvalue weighted by molar-refractivity contribution is -0.131. The van der Waals surface area contributed by atoms with Crippen molar-refractivity contribution >= 4 is 24.4 Å². The molecule has 16 heavy (non-hydrogen) atoms. The third kappa shape index (κ3) is 3.86. The first-order valence-electron chi connectivity index (χ1n) is 5.12. The predicted molar refractivity (Wildman–Crippen MR) is 62.9 cm³/mol. The van der Waals surface area contributed by atoms with Crippen LogP contribution in [0.4, 0.5) is 0 Å². The molecule has 0 fully saturated rings. The number of thiol groups is 1. The smallest absolute Gasteiger partial charge is 0.248 e. The molecule has 6 heteroatoms. The van der Waals surface area contributed by atoms with Crippen LogP contribution in [0, 0.1) is 0 Å². The standard InChI is InChI=1S/C10H16N2O3S/c1-7(16)6-11-8(13)4-5-12-9(14)2-3-10(12)15/h2-3,7,9,14,16H,4-6H2,1H3,(H,11,13). The maximum atomic E-state index is 11.3. The summed E-state index contributed by atoms with van der Waals surface area (Å²) >= 11 is 4.13. The minimum Gasteiger partial charge on any atom is -0.370 e. The zero-order valence-corrected chi connectivity index (χ0v) is 9.98. The molecule has 2 unspecified atom stereocenters. The third-order valence-electron chi connectivity index (χ3n) is 2.19. The third-order valence-corrected chi connectivity index (χ3v) is 2.37. The van der Waals surface area contributed by atoms with Crippen molar-refractivity contribution in [3.8, 4) is 0 Å². The maximum absolute atomic E-state index is 11.3. The number of nitrogens with zero attached hydrogens (tertiary/aromatic N) is 1. The van der Waals surface area contributed by atoms with Crippen molar-refractivity contribution in [3.05, 3.63) is 12.2 Å². The monoisotopic (exact) mass is 244 g/mol. The highest BCUT2D eigenvalue weighted by atomic mass is 32.1. The molecule has 1 heterocycles. The Bertz CT molecular complexity index is 304. The molecule has 0 aromatic rings. The van der Waals surface area contributed by atoms with Crippen LogP contribution in [-0.4, -0.2) is 46.4 Å². The van der Waals surface area contributed by atoms with Gasteiger partial charge in [-0.2, -0.15) is 12.6 Å². The molecule has 90 valence electrons. The van der Waals surface area contributed by atoms with E-state index in [2.05, 4.69) is 17.9 Å². The highest BCUT2D eigenvalue weighted by Crippen LogP contribution is 2.08. The lowest BCUT2D eigenvalue weighted by Crippen LogP contribution is -2.38. The minimum atomic E-state index is -0.899. The molecular formula is C10H16N2O3S. The van der Waals surface area contributed by atoms with Crippen molar-refractivity contribution in [2.75, 3.05) is 13.1 Å². The van der Waals surface area contributed by atoms with Gasteiger partial charge in [0.25, 0.3) is 0 Å². The van der Waals surface area contributed by atoms with Crippen molar-refractivity contribution in [1.29, 1.82) is 0 Å². The van der Waals surface area contributed by atoms with Crippen molar-refractivity contribution in [2.45, 2.75) is 24.8 Å². The van der Waals surface area contributed by atoms with Gasteiger partial charge in [-0.05, 0) is 6.08 Å². The lowest BCUT2D eigenvalue weighted by atomic mass is 10.3. The molecule has 2 atom stereocenters. The van der Waals surface area contributed by atoms with Crippen molar-refractivity contribution in [2.24, 2.45) is 0 Å². The van der Waals surface area contributed by atoms with Crippen LogP contribution >= 0.6 is 12.6 Å². The van der Waals surface area contributed by atoms with Gasteiger partial charge in [-0.15, -0.1) is 0 Å². The molecule has 0 spiro atoms. The van der Waals surface area contributed by atoms with Gasteiger partial charge in [0.2, 0.25) is 11.8 Å². The van der Waals surface area contributed by atoms with E-state index < -0.39 is 6.23 Å². The van der Waals surface area contributed by atoms with E-state index in [9.17, 15) is 14.7 Å². The minimum absolute atomic E-state index is 0.102. The molecule has 2 amide bonds. The molecule has 1 rings (SSSR count). The topological polar surface area (TPSA) is 69.6 Å². The van der Waals surface area contributed by atoms with Crippen LogP contribution in [-0.2, 0) is 9.59 Å². The van der Waals surface area contributed by atoms with Crippen LogP contribution in [0.25, 0.3) is 0 Å². The van der Waals surface area contributed by atoms with E-state index >= 15 is 0 Å². The molecule has 0 aliphatic carbocycles. The van der Waals surface area contributed by atoms with E-state index in [0.29, 0.717) is 6.54 Å². The van der Waals surface area contributed by atoms with E-state index in [1.807, 2.05) is 6.92 Å². The van der Waals surface area contributed by atoms with Crippen LogP contribution in [0.3, 0.4) is 0 Å². The SMILES string of the molecule is CC(S)CNC(=O)CCN1C(=O)C=CC1O. The van der Waals surface area contributed by atoms with Gasteiger partial charge < -0.3 is 15.3 Å². The first kappa shape index (κ1) is 13.1. The van der Waals surface area contributed by atoms with Crippen LogP contribution in [0.15, 0.2) is 12.2 Å². The molecule has 1 aliphatic heterocycles. The summed E-state index contributed by atoms with van der Waals surface area (Å²) in [6.45, 7) is 2.59. The van der Waals surface area contributed by atoms with Crippen LogP contribution < -0.4 is 5.32 Å². The fourth-order valence-corrected chi connectivity index (χ4v) is 1.40. The highest BCUT2D eigenvalue weighted by molar-refractivity contribution is 7.80. The quantitative estimate of drug-likeness (QED) is 0.573. The molecule has 0 saturated heterocycles. The number of aliphatic hydroxyl groups is 1. The Balaban J connectivity index is 2.24. The van der Waals surface area contributed by atoms with E-state index in [0.717, 1.165) is 0 Å². The van der Waals surface area contributed by atoms with E-state index in [-0.39, 0.29) is 30.0 Å². The predicted octanol–water partition coefficient (Wildman–Crippen LogP) is -0.472. The number of aliphatic hydroxyl groups excluding tert-OH is 1. The van der Waals surface area contributed by atoms with Crippen LogP contribution in [0.5, 0.6) is 0 Å². The number of rotatable bonds is 5. The second-order valence-corrected chi connectivity index (χ2v) is 4.59. The molecule has 0 radical (unpaired) electrons. The molecule has 0 bridgehead atoms. The Hall–Kier alpha value is -1.01. The normalized spacial score (nSPS) is 21.3. The first-order chi connectivity index (χ1) is 7.50. The van der Waals surface area contributed by atoms with Gasteiger partial charge in [0.05, 0.1) is 0 Å². The summed E-state index contributed by atoms with van der Waals surface area (Å²) in [5, 5.41) is 12.1. The average Bonchev–Trinajstić information content (AvgIpc) is 2.53. The van der Waals surface area contributed by atoms with Gasteiger partial charge in [0, 0.05) is 30.8 Å². The van der Waals surface area contributed by atoms with Gasteiger partial charge >= 0.3 is 0 Å². The number of carbonyl (C=O) groups excluding carboxylic acids is 2. The first-order valence-corrected chi connectivity index (χ1v) is 5.64. The number of amides is 2. The zero-order chi connectivity index (χ0) is 12.1. The zero-order valence-electron chi connectivity index (χ0n) is 9.09. The Labute approximate surface area is 99.9 Å². The van der Waals surface area contributed by atoms with Gasteiger partial charge in [0.1, 0.15) is 6.23 Å². The highest BCUT2D eigenvalue weighted by Gasteiger charge is 2.23. The number of hydrogen-bond acceptors (Lipinski definition) is 4. The van der Waals surface area contributed by atoms with Crippen molar-refractivity contribution < 1.29 is 14.7 Å². The van der Waals surface area contributed by atoms with Crippen molar-refractivity contribution in [3.63, 3.8) is 0 Å². The lowest BCUT2D eigenvalue weighted by Gasteiger charge is -2.19. The van der Waals surface area contributed by atoms with Gasteiger partial charge in [-0.25, -0.2) is 0 Å². The summed E-state index contributed by atoms with van der Waals surface area (Å²) in [5.41, 5.74) is 0. The van der Waals surface area contributed by atoms with E-state index in [1.165, 1.54) is 17.1 Å². The Morgan fingerprint density at radius 1 is 1.75 bits per heavy atom. The molecule has 0 aromatic carbocycles. The fourth-order valence-electron chi connectivity index (χ4n) is 1.31. The second-order valence-electron chi connectivity index (χ2n) is 3.71. The van der Waals surface area contributed by atoms with Gasteiger partial charge in [0.15, 0.2) is 0 Å². The summed E-state index contributed by atoms with van der Waals surface area (Å²) in [4.78, 5) is 23.8. The Morgan fingerprint density at radius 2 is 2.44 bits per heavy atom. The maximum Gasteiger partial charge on any atom is 0.248 e. The number of carbonyl (C=O) groups is 2. The van der Waals surface area contributed by atoms with E-state index in [1.54, 1.807) is 0 Å². The summed E-state index contributed by atoms with van der Waals surface area (Å²) in [7, 11) is 0. The number of hydrogen-bond donors (Lipinski definition) is 3. The second kappa shape index (κ2) is 5.91. The van der Waals surface area contributed by atoms with Crippen LogP contribution in [0.2, 0.25) is 0 Å². The van der Waals surface area contributed by atoms with Crippen LogP contribution in [0.1, 0.15) is 13.3 Å². The molecular weight excluding hydrogens is 228 g/mol. The summed E-state index contributed by atoms with van der Waals surface area (Å²) in [6.07, 6.45) is 1.99. The Kier molecular flexibility index (Phi) is 4.82. The molecule has 0 aromatic heterocycles. The number of nitrogens with one attached hydrogen (secondary N) is 1. The largest absolute Gasteiger partial charge is 0.370 e. The summed E-state index contributed by atoms with van der Waals surface area (Å²) in [5.74, 6) is -0.407. The van der Waals surface area contributed by atoms with E-state index in [4.69, 9.17) is 0 Å². The summed E-state index contributed by atoms with van der Waals surface area (Å²) < 4.78 is 0.